The average Bonchev–Trinajstić information content (AvgIpc) is 2.91. The topological polar surface area (TPSA) is 121 Å². The summed E-state index contributed by atoms with van der Waals surface area (Å²) in [6, 6.07) is 19.1. The third-order valence-corrected chi connectivity index (χ3v) is 5.68. The summed E-state index contributed by atoms with van der Waals surface area (Å²) in [4.78, 5) is 49.4. The van der Waals surface area contributed by atoms with Gasteiger partial charge in [0.05, 0.1) is 25.3 Å². The summed E-state index contributed by atoms with van der Waals surface area (Å²) in [6.07, 6.45) is 1.63. The van der Waals surface area contributed by atoms with E-state index in [1.54, 1.807) is 73.8 Å². The second-order valence-electron chi connectivity index (χ2n) is 8.16. The van der Waals surface area contributed by atoms with Gasteiger partial charge in [0, 0.05) is 23.8 Å². The molecule has 0 saturated carbocycles. The number of aromatic amines is 1. The van der Waals surface area contributed by atoms with Crippen LogP contribution >= 0.6 is 11.6 Å². The number of methoxy groups -OCH3 is 1. The Hall–Kier alpha value is -4.44. The van der Waals surface area contributed by atoms with Crippen molar-refractivity contribution >= 4 is 23.3 Å². The van der Waals surface area contributed by atoms with Gasteiger partial charge in [-0.1, -0.05) is 36.7 Å². The summed E-state index contributed by atoms with van der Waals surface area (Å²) in [5.74, 6) is -0.242. The maximum Gasteiger partial charge on any atom is 0.335 e. The fraction of sp³-hybridized carbons (Fsp3) is 0.192. The maximum absolute atomic E-state index is 13.4. The van der Waals surface area contributed by atoms with Gasteiger partial charge in [0.2, 0.25) is 11.5 Å². The molecule has 0 aliphatic rings. The fourth-order valence-electron chi connectivity index (χ4n) is 3.51. The summed E-state index contributed by atoms with van der Waals surface area (Å²) in [5, 5.41) is 0.553. The van der Waals surface area contributed by atoms with Crippen LogP contribution < -0.4 is 21.7 Å². The van der Waals surface area contributed by atoms with Gasteiger partial charge in [-0.3, -0.25) is 14.3 Å². The second-order valence-corrected chi connectivity index (χ2v) is 8.60. The molecular weight excluding hydrogens is 498 g/mol. The lowest BCUT2D eigenvalue weighted by atomic mass is 10.2. The summed E-state index contributed by atoms with van der Waals surface area (Å²) < 4.78 is 12.7. The molecule has 0 bridgehead atoms. The van der Waals surface area contributed by atoms with E-state index >= 15 is 0 Å². The summed E-state index contributed by atoms with van der Waals surface area (Å²) >= 11 is 6.00. The van der Waals surface area contributed by atoms with E-state index in [1.165, 1.54) is 11.7 Å². The number of carbonyl (C=O) groups excluding carboxylic acids is 1. The molecule has 0 fully saturated rings. The lowest BCUT2D eigenvalue weighted by Gasteiger charge is -2.14. The number of rotatable bonds is 8. The van der Waals surface area contributed by atoms with E-state index in [0.29, 0.717) is 22.3 Å². The number of halogens is 1. The van der Waals surface area contributed by atoms with Crippen LogP contribution in [0.5, 0.6) is 11.6 Å². The van der Waals surface area contributed by atoms with Crippen LogP contribution in [0.3, 0.4) is 0 Å². The first kappa shape index (κ1) is 25.6. The highest BCUT2D eigenvalue weighted by atomic mass is 35.5. The molecule has 1 N–H and O–H groups in total. The fourth-order valence-corrected chi connectivity index (χ4v) is 3.63. The minimum atomic E-state index is -0.706. The molecule has 2 aromatic carbocycles. The molecule has 0 aliphatic heterocycles. The Morgan fingerprint density at radius 1 is 1.05 bits per heavy atom. The summed E-state index contributed by atoms with van der Waals surface area (Å²) in [7, 11) is 1.25. The van der Waals surface area contributed by atoms with Gasteiger partial charge in [0.25, 0.3) is 0 Å². The Balaban J connectivity index is 1.74. The van der Waals surface area contributed by atoms with Crippen molar-refractivity contribution in [3.05, 3.63) is 110 Å². The first-order valence-electron chi connectivity index (χ1n) is 11.3. The zero-order chi connectivity index (χ0) is 26.4. The van der Waals surface area contributed by atoms with E-state index in [4.69, 9.17) is 21.1 Å². The van der Waals surface area contributed by atoms with Crippen LogP contribution in [0.1, 0.15) is 12.5 Å². The number of nitrogens with zero attached hydrogens (tertiary/aromatic N) is 4. The Labute approximate surface area is 216 Å². The Kier molecular flexibility index (Phi) is 7.99. The highest BCUT2D eigenvalue weighted by Gasteiger charge is 2.18. The number of aromatic nitrogens is 4. The van der Waals surface area contributed by atoms with E-state index in [9.17, 15) is 14.4 Å². The molecular formula is C26H24ClN5O5. The Morgan fingerprint density at radius 3 is 2.43 bits per heavy atom. The predicted octanol–water partition coefficient (Wildman–Crippen LogP) is 3.27. The molecule has 0 radical (unpaired) electrons. The minimum absolute atomic E-state index is 0.0466. The lowest BCUT2D eigenvalue weighted by Crippen LogP contribution is -2.51. The predicted molar refractivity (Wildman–Crippen MR) is 137 cm³/mol. The van der Waals surface area contributed by atoms with Gasteiger partial charge in [-0.2, -0.15) is 0 Å². The number of hydrogen-bond donors (Lipinski definition) is 1. The molecule has 0 amide bonds. The quantitative estimate of drug-likeness (QED) is 0.355. The van der Waals surface area contributed by atoms with Crippen molar-refractivity contribution < 1.29 is 14.3 Å². The molecule has 10 nitrogen and oxygen atoms in total. The average molecular weight is 522 g/mol. The molecule has 2 heterocycles. The van der Waals surface area contributed by atoms with Crippen LogP contribution in [0.25, 0.3) is 0 Å². The van der Waals surface area contributed by atoms with Crippen molar-refractivity contribution in [2.75, 3.05) is 7.11 Å². The molecule has 190 valence electrons. The molecule has 0 unspecified atom stereocenters. The zero-order valence-electron chi connectivity index (χ0n) is 20.1. The van der Waals surface area contributed by atoms with Crippen molar-refractivity contribution in [1.29, 1.82) is 0 Å². The molecule has 0 spiro atoms. The van der Waals surface area contributed by atoms with Gasteiger partial charge >= 0.3 is 17.3 Å². The van der Waals surface area contributed by atoms with Crippen molar-refractivity contribution in [3.8, 4) is 11.6 Å². The van der Waals surface area contributed by atoms with Crippen LogP contribution in [0.2, 0.25) is 5.02 Å². The van der Waals surface area contributed by atoms with Gasteiger partial charge < -0.3 is 9.47 Å². The third kappa shape index (κ3) is 6.42. The largest absolute Gasteiger partial charge is 0.469 e. The molecule has 1 atom stereocenters. The van der Waals surface area contributed by atoms with Crippen molar-refractivity contribution in [3.63, 3.8) is 0 Å². The Morgan fingerprint density at radius 2 is 1.78 bits per heavy atom. The van der Waals surface area contributed by atoms with Crippen LogP contribution in [0.4, 0.5) is 5.69 Å². The van der Waals surface area contributed by atoms with Crippen LogP contribution in [0.15, 0.2) is 87.5 Å². The maximum atomic E-state index is 13.4. The van der Waals surface area contributed by atoms with Crippen LogP contribution in [0, 0.1) is 5.92 Å². The monoisotopic (exact) mass is 521 g/mol. The molecule has 11 heteroatoms. The Bertz CT molecular complexity index is 1560. The van der Waals surface area contributed by atoms with E-state index in [0.717, 1.165) is 10.1 Å². The number of hydrogen-bond acceptors (Lipinski definition) is 7. The minimum Gasteiger partial charge on any atom is -0.469 e. The lowest BCUT2D eigenvalue weighted by molar-refractivity contribution is -0.145. The number of carbonyl (C=O) groups is 1. The van der Waals surface area contributed by atoms with E-state index in [2.05, 4.69) is 15.0 Å². The smallest absolute Gasteiger partial charge is 0.335 e. The van der Waals surface area contributed by atoms with Crippen molar-refractivity contribution in [2.24, 2.45) is 10.9 Å². The van der Waals surface area contributed by atoms with Crippen molar-refractivity contribution in [1.82, 2.24) is 19.1 Å². The van der Waals surface area contributed by atoms with E-state index in [1.807, 2.05) is 6.07 Å². The summed E-state index contributed by atoms with van der Waals surface area (Å²) in [5.41, 5.74) is -0.0220. The molecule has 4 rings (SSSR count). The van der Waals surface area contributed by atoms with E-state index < -0.39 is 23.3 Å². The highest BCUT2D eigenvalue weighted by Crippen LogP contribution is 2.22. The van der Waals surface area contributed by atoms with Crippen molar-refractivity contribution in [2.45, 2.75) is 20.0 Å². The molecule has 4 aromatic rings. The first-order chi connectivity index (χ1) is 17.8. The first-order valence-corrected chi connectivity index (χ1v) is 11.7. The molecule has 37 heavy (non-hydrogen) atoms. The molecule has 0 aliphatic carbocycles. The number of ether oxygens (including phenoxy) is 2. The van der Waals surface area contributed by atoms with Gasteiger partial charge in [0.15, 0.2) is 0 Å². The van der Waals surface area contributed by atoms with E-state index in [-0.39, 0.29) is 18.7 Å². The normalized spacial score (nSPS) is 12.2. The van der Waals surface area contributed by atoms with Gasteiger partial charge in [-0.05, 0) is 48.0 Å². The number of benzene rings is 2. The second kappa shape index (κ2) is 11.5. The summed E-state index contributed by atoms with van der Waals surface area (Å²) in [6.45, 7) is 1.54. The molecule has 2 aromatic heterocycles. The highest BCUT2D eigenvalue weighted by molar-refractivity contribution is 6.30. The van der Waals surface area contributed by atoms with Crippen LogP contribution in [-0.2, 0) is 22.6 Å². The number of esters is 1. The SMILES string of the molecule is COC(=O)[C@@H](C)Cn1c(=O)[nH]/c(=N\c2ccc(Oc3ccccn3)cc2)n(Cc2ccc(Cl)cc2)c1=O. The third-order valence-electron chi connectivity index (χ3n) is 5.43. The van der Waals surface area contributed by atoms with Gasteiger partial charge in [0.1, 0.15) is 5.75 Å². The number of pyridine rings is 1. The zero-order valence-corrected chi connectivity index (χ0v) is 20.9. The number of nitrogens with one attached hydrogen (secondary N) is 1. The van der Waals surface area contributed by atoms with Gasteiger partial charge in [-0.25, -0.2) is 24.1 Å². The number of H-pyrrole nitrogens is 1. The van der Waals surface area contributed by atoms with Crippen LogP contribution in [-0.4, -0.2) is 32.2 Å². The standard InChI is InChI=1S/C26H24ClN5O5/c1-17(23(33)36-2)15-32-25(34)30-24(31(26(32)35)16-18-6-8-19(27)9-7-18)29-20-10-12-21(13-11-20)37-22-5-3-4-14-28-22/h3-14,17H,15-16H2,1-2H3,(H,29,30,34)/t17-/m0/s1. The molecule has 0 saturated heterocycles. The van der Waals surface area contributed by atoms with Gasteiger partial charge in [-0.15, -0.1) is 0 Å².